The van der Waals surface area contributed by atoms with Crippen molar-refractivity contribution < 1.29 is 14.1 Å². The minimum Gasteiger partial charge on any atom is -0.361 e. The van der Waals surface area contributed by atoms with Crippen LogP contribution >= 0.6 is 0 Å². The number of piperidine rings is 1. The minimum absolute atomic E-state index is 0.0207. The monoisotopic (exact) mass is 411 g/mol. The molecule has 0 spiro atoms. The lowest BCUT2D eigenvalue weighted by molar-refractivity contribution is -0.385. The maximum Gasteiger partial charge on any atom is 0.287 e. The highest BCUT2D eigenvalue weighted by Gasteiger charge is 2.26. The van der Waals surface area contributed by atoms with Gasteiger partial charge in [0.25, 0.3) is 5.69 Å². The maximum absolute atomic E-state index is 13.5. The number of hydrogen-bond acceptors (Lipinski definition) is 5. The molecule has 3 heterocycles. The van der Waals surface area contributed by atoms with E-state index in [0.29, 0.717) is 25.3 Å². The van der Waals surface area contributed by atoms with Crippen molar-refractivity contribution in [2.75, 3.05) is 24.5 Å². The summed E-state index contributed by atoms with van der Waals surface area (Å²) < 4.78 is 13.5. The van der Waals surface area contributed by atoms with E-state index >= 15 is 0 Å². The van der Waals surface area contributed by atoms with E-state index in [-0.39, 0.29) is 23.3 Å². The number of aromatic amines is 1. The highest BCUT2D eigenvalue weighted by atomic mass is 19.1. The van der Waals surface area contributed by atoms with Gasteiger partial charge in [-0.05, 0) is 49.1 Å². The van der Waals surface area contributed by atoms with Crippen LogP contribution in [0, 0.1) is 21.8 Å². The second kappa shape index (κ2) is 8.48. The van der Waals surface area contributed by atoms with Crippen LogP contribution in [0.4, 0.5) is 15.9 Å². The Balaban J connectivity index is 1.33. The van der Waals surface area contributed by atoms with Gasteiger partial charge in [0.2, 0.25) is 5.91 Å². The van der Waals surface area contributed by atoms with Gasteiger partial charge in [0.1, 0.15) is 17.8 Å². The van der Waals surface area contributed by atoms with Crippen molar-refractivity contribution in [2.45, 2.75) is 19.3 Å². The number of hydrogen-bond donors (Lipinski definition) is 2. The highest BCUT2D eigenvalue weighted by molar-refractivity contribution is 5.83. The van der Waals surface area contributed by atoms with Crippen molar-refractivity contribution in [3.63, 3.8) is 0 Å². The van der Waals surface area contributed by atoms with Crippen molar-refractivity contribution >= 4 is 28.3 Å². The van der Waals surface area contributed by atoms with Gasteiger partial charge in [-0.3, -0.25) is 14.9 Å². The van der Waals surface area contributed by atoms with E-state index in [2.05, 4.69) is 15.3 Å². The maximum atomic E-state index is 13.5. The number of carbonyl (C=O) groups is 1. The number of pyridine rings is 1. The fourth-order valence-corrected chi connectivity index (χ4v) is 3.89. The summed E-state index contributed by atoms with van der Waals surface area (Å²) in [5.41, 5.74) is 1.78. The Kier molecular flexibility index (Phi) is 5.60. The number of rotatable bonds is 6. The Morgan fingerprint density at radius 1 is 1.37 bits per heavy atom. The number of halogens is 1. The molecule has 1 fully saturated rings. The predicted molar refractivity (Wildman–Crippen MR) is 111 cm³/mol. The molecule has 0 unspecified atom stereocenters. The molecule has 0 aliphatic carbocycles. The Hall–Kier alpha value is -3.49. The molecule has 0 saturated carbocycles. The average molecular weight is 411 g/mol. The summed E-state index contributed by atoms with van der Waals surface area (Å²) in [7, 11) is 0. The molecule has 1 atom stereocenters. The van der Waals surface area contributed by atoms with E-state index in [9.17, 15) is 19.3 Å². The molecule has 3 aromatic rings. The number of fused-ring (bicyclic) bond motifs is 1. The summed E-state index contributed by atoms with van der Waals surface area (Å²) in [4.78, 5) is 32.2. The summed E-state index contributed by atoms with van der Waals surface area (Å²) in [5, 5.41) is 14.6. The first kappa shape index (κ1) is 19.8. The molecule has 0 bridgehead atoms. The number of benzene rings is 1. The van der Waals surface area contributed by atoms with Gasteiger partial charge in [0.15, 0.2) is 0 Å². The van der Waals surface area contributed by atoms with E-state index in [1.54, 1.807) is 12.1 Å². The standard InChI is InChI=1S/C21H22FN5O3/c22-16-3-5-19-18(10-16)14(11-24-19)7-8-23-21(28)15-2-1-9-26(13-15)20-6-4-17(12-25-20)27(29)30/h3-6,10-12,15,24H,1-2,7-9,13H2,(H,23,28)/t15-/m0/s1. The van der Waals surface area contributed by atoms with Gasteiger partial charge in [-0.2, -0.15) is 0 Å². The molecule has 1 aliphatic rings. The smallest absolute Gasteiger partial charge is 0.287 e. The first-order valence-corrected chi connectivity index (χ1v) is 9.90. The molecule has 2 aromatic heterocycles. The van der Waals surface area contributed by atoms with Gasteiger partial charge in [0, 0.05) is 42.8 Å². The van der Waals surface area contributed by atoms with Crippen LogP contribution in [0.5, 0.6) is 0 Å². The van der Waals surface area contributed by atoms with Crippen molar-refractivity contribution in [2.24, 2.45) is 5.92 Å². The molecule has 1 aromatic carbocycles. The number of anilines is 1. The zero-order chi connectivity index (χ0) is 21.1. The summed E-state index contributed by atoms with van der Waals surface area (Å²) in [6.45, 7) is 1.75. The number of nitrogens with one attached hydrogen (secondary N) is 2. The van der Waals surface area contributed by atoms with Crippen LogP contribution in [0.1, 0.15) is 18.4 Å². The van der Waals surface area contributed by atoms with E-state index in [1.807, 2.05) is 11.1 Å². The van der Waals surface area contributed by atoms with Gasteiger partial charge in [0.05, 0.1) is 10.8 Å². The second-order valence-electron chi connectivity index (χ2n) is 7.46. The lowest BCUT2D eigenvalue weighted by atomic mass is 9.97. The van der Waals surface area contributed by atoms with Gasteiger partial charge in [-0.1, -0.05) is 0 Å². The van der Waals surface area contributed by atoms with Crippen LogP contribution in [0.3, 0.4) is 0 Å². The SMILES string of the molecule is O=C(NCCc1c[nH]c2ccc(F)cc12)[C@H]1CCCN(c2ccc([N+](=O)[O-])cn2)C1. The zero-order valence-corrected chi connectivity index (χ0v) is 16.3. The van der Waals surface area contributed by atoms with Crippen LogP contribution in [-0.4, -0.2) is 40.4 Å². The van der Waals surface area contributed by atoms with Crippen LogP contribution in [0.25, 0.3) is 10.9 Å². The number of nitro groups is 1. The fraction of sp³-hybridized carbons (Fsp3) is 0.333. The summed E-state index contributed by atoms with van der Waals surface area (Å²) in [6, 6.07) is 7.67. The Morgan fingerprint density at radius 3 is 3.00 bits per heavy atom. The van der Waals surface area contributed by atoms with Crippen LogP contribution in [-0.2, 0) is 11.2 Å². The molecule has 1 amide bonds. The van der Waals surface area contributed by atoms with Crippen LogP contribution in [0.15, 0.2) is 42.7 Å². The highest BCUT2D eigenvalue weighted by Crippen LogP contribution is 2.23. The largest absolute Gasteiger partial charge is 0.361 e. The quantitative estimate of drug-likeness (QED) is 0.479. The van der Waals surface area contributed by atoms with Crippen molar-refractivity contribution in [1.82, 2.24) is 15.3 Å². The molecule has 9 heteroatoms. The Morgan fingerprint density at radius 2 is 2.23 bits per heavy atom. The van der Waals surface area contributed by atoms with E-state index < -0.39 is 4.92 Å². The molecular weight excluding hydrogens is 389 g/mol. The summed E-state index contributed by atoms with van der Waals surface area (Å²) in [5.74, 6) is 0.164. The minimum atomic E-state index is -0.481. The lowest BCUT2D eigenvalue weighted by Crippen LogP contribution is -2.43. The van der Waals surface area contributed by atoms with Crippen molar-refractivity contribution in [1.29, 1.82) is 0 Å². The number of H-pyrrole nitrogens is 1. The number of amides is 1. The third-order valence-electron chi connectivity index (χ3n) is 5.48. The molecule has 2 N–H and O–H groups in total. The normalized spacial score (nSPS) is 16.6. The lowest BCUT2D eigenvalue weighted by Gasteiger charge is -2.32. The molecule has 4 rings (SSSR count). The molecule has 30 heavy (non-hydrogen) atoms. The topological polar surface area (TPSA) is 104 Å². The summed E-state index contributed by atoms with van der Waals surface area (Å²) >= 11 is 0. The molecule has 8 nitrogen and oxygen atoms in total. The van der Waals surface area contributed by atoms with Gasteiger partial charge in [-0.15, -0.1) is 0 Å². The number of aromatic nitrogens is 2. The van der Waals surface area contributed by atoms with Crippen LogP contribution in [0.2, 0.25) is 0 Å². The Labute approximate surface area is 172 Å². The molecule has 156 valence electrons. The van der Waals surface area contributed by atoms with Crippen molar-refractivity contribution in [3.05, 3.63) is 64.2 Å². The average Bonchev–Trinajstić information content (AvgIpc) is 3.16. The first-order chi connectivity index (χ1) is 14.5. The van der Waals surface area contributed by atoms with E-state index in [1.165, 1.54) is 24.4 Å². The first-order valence-electron chi connectivity index (χ1n) is 9.90. The second-order valence-corrected chi connectivity index (χ2v) is 7.46. The number of nitrogens with zero attached hydrogens (tertiary/aromatic N) is 3. The van der Waals surface area contributed by atoms with Crippen molar-refractivity contribution in [3.8, 4) is 0 Å². The van der Waals surface area contributed by atoms with Crippen LogP contribution < -0.4 is 10.2 Å². The summed E-state index contributed by atoms with van der Waals surface area (Å²) in [6.07, 6.45) is 5.32. The molecule has 1 saturated heterocycles. The third-order valence-corrected chi connectivity index (χ3v) is 5.48. The van der Waals surface area contributed by atoms with Gasteiger partial charge < -0.3 is 15.2 Å². The van der Waals surface area contributed by atoms with E-state index in [0.717, 1.165) is 35.9 Å². The fourth-order valence-electron chi connectivity index (χ4n) is 3.89. The number of carbonyl (C=O) groups excluding carboxylic acids is 1. The Bertz CT molecular complexity index is 1070. The zero-order valence-electron chi connectivity index (χ0n) is 16.3. The predicted octanol–water partition coefficient (Wildman–Crippen LogP) is 3.19. The molecule has 0 radical (unpaired) electrons. The third kappa shape index (κ3) is 4.24. The molecule has 1 aliphatic heterocycles. The van der Waals surface area contributed by atoms with Gasteiger partial charge in [-0.25, -0.2) is 9.37 Å². The molecular formula is C21H22FN5O3. The van der Waals surface area contributed by atoms with Gasteiger partial charge >= 0.3 is 0 Å². The van der Waals surface area contributed by atoms with E-state index in [4.69, 9.17) is 0 Å².